The maximum atomic E-state index is 5.80. The van der Waals surface area contributed by atoms with Crippen LogP contribution in [0.5, 0.6) is 5.75 Å². The topological polar surface area (TPSA) is 24.5 Å². The van der Waals surface area contributed by atoms with Gasteiger partial charge in [-0.3, -0.25) is 4.90 Å². The molecule has 0 radical (unpaired) electrons. The second kappa shape index (κ2) is 7.51. The number of likely N-dealkylation sites (tertiary alicyclic amines) is 1. The Morgan fingerprint density at radius 1 is 1.42 bits per heavy atom. The summed E-state index contributed by atoms with van der Waals surface area (Å²) in [6, 6.07) is 9.00. The number of nitrogens with one attached hydrogen (secondary N) is 1. The van der Waals surface area contributed by atoms with Crippen LogP contribution in [0.4, 0.5) is 0 Å². The zero-order valence-electron chi connectivity index (χ0n) is 12.2. The van der Waals surface area contributed by atoms with Crippen LogP contribution in [-0.2, 0) is 0 Å². The Kier molecular flexibility index (Phi) is 5.67. The molecule has 1 aromatic rings. The second-order valence-electron chi connectivity index (χ2n) is 5.41. The minimum atomic E-state index is 0.726. The fourth-order valence-corrected chi connectivity index (χ4v) is 2.82. The number of aryl methyl sites for hydroxylation is 1. The first-order valence-corrected chi connectivity index (χ1v) is 7.37. The van der Waals surface area contributed by atoms with Gasteiger partial charge < -0.3 is 10.1 Å². The van der Waals surface area contributed by atoms with Crippen molar-refractivity contribution < 1.29 is 4.74 Å². The van der Waals surface area contributed by atoms with Crippen LogP contribution in [0.3, 0.4) is 0 Å². The SMILES string of the molecule is CNCC1CCCN1CCCOc1cccc(C)c1. The highest BCUT2D eigenvalue weighted by Gasteiger charge is 2.22. The quantitative estimate of drug-likeness (QED) is 0.764. The van der Waals surface area contributed by atoms with E-state index in [9.17, 15) is 0 Å². The summed E-state index contributed by atoms with van der Waals surface area (Å²) in [7, 11) is 2.04. The summed E-state index contributed by atoms with van der Waals surface area (Å²) in [5.41, 5.74) is 1.26. The molecule has 1 aromatic carbocycles. The van der Waals surface area contributed by atoms with E-state index in [0.717, 1.165) is 37.9 Å². The Morgan fingerprint density at radius 3 is 3.11 bits per heavy atom. The van der Waals surface area contributed by atoms with Crippen molar-refractivity contribution in [3.8, 4) is 5.75 Å². The molecule has 106 valence electrons. The van der Waals surface area contributed by atoms with Gasteiger partial charge in [-0.05, 0) is 57.5 Å². The van der Waals surface area contributed by atoms with Gasteiger partial charge in [0.1, 0.15) is 5.75 Å². The Hall–Kier alpha value is -1.06. The van der Waals surface area contributed by atoms with E-state index in [1.54, 1.807) is 0 Å². The lowest BCUT2D eigenvalue weighted by Gasteiger charge is -2.24. The van der Waals surface area contributed by atoms with Gasteiger partial charge in [0, 0.05) is 19.1 Å². The number of likely N-dealkylation sites (N-methyl/N-ethyl adjacent to an activating group) is 1. The van der Waals surface area contributed by atoms with E-state index >= 15 is 0 Å². The van der Waals surface area contributed by atoms with Crippen molar-refractivity contribution in [2.24, 2.45) is 0 Å². The molecule has 1 aliphatic heterocycles. The molecule has 0 bridgehead atoms. The van der Waals surface area contributed by atoms with Crippen LogP contribution in [0.25, 0.3) is 0 Å². The van der Waals surface area contributed by atoms with Gasteiger partial charge in [0.15, 0.2) is 0 Å². The van der Waals surface area contributed by atoms with Crippen molar-refractivity contribution >= 4 is 0 Å². The Morgan fingerprint density at radius 2 is 2.32 bits per heavy atom. The summed E-state index contributed by atoms with van der Waals surface area (Å²) in [5.74, 6) is 0.994. The third kappa shape index (κ3) is 4.51. The minimum absolute atomic E-state index is 0.726. The molecular formula is C16H26N2O. The van der Waals surface area contributed by atoms with Crippen molar-refractivity contribution in [3.63, 3.8) is 0 Å². The Balaban J connectivity index is 1.66. The molecule has 1 atom stereocenters. The molecule has 1 aliphatic rings. The zero-order chi connectivity index (χ0) is 13.5. The standard InChI is InChI=1S/C16H26N2O/c1-14-6-3-8-16(12-14)19-11-5-10-18-9-4-7-15(18)13-17-2/h3,6,8,12,15,17H,4-5,7,9-11,13H2,1-2H3. The number of nitrogens with zero attached hydrogens (tertiary/aromatic N) is 1. The summed E-state index contributed by atoms with van der Waals surface area (Å²) >= 11 is 0. The molecule has 3 nitrogen and oxygen atoms in total. The van der Waals surface area contributed by atoms with Crippen molar-refractivity contribution in [2.45, 2.75) is 32.2 Å². The predicted octanol–water partition coefficient (Wildman–Crippen LogP) is 2.45. The Labute approximate surface area is 116 Å². The first kappa shape index (κ1) is 14.4. The van der Waals surface area contributed by atoms with E-state index in [0.29, 0.717) is 0 Å². The molecule has 0 aromatic heterocycles. The molecule has 0 amide bonds. The predicted molar refractivity (Wildman–Crippen MR) is 79.8 cm³/mol. The van der Waals surface area contributed by atoms with Gasteiger partial charge >= 0.3 is 0 Å². The smallest absolute Gasteiger partial charge is 0.119 e. The summed E-state index contributed by atoms with van der Waals surface area (Å²) < 4.78 is 5.80. The average molecular weight is 262 g/mol. The van der Waals surface area contributed by atoms with E-state index < -0.39 is 0 Å². The highest BCUT2D eigenvalue weighted by atomic mass is 16.5. The fourth-order valence-electron chi connectivity index (χ4n) is 2.82. The van der Waals surface area contributed by atoms with Crippen LogP contribution < -0.4 is 10.1 Å². The van der Waals surface area contributed by atoms with Crippen molar-refractivity contribution in [3.05, 3.63) is 29.8 Å². The maximum absolute atomic E-state index is 5.80. The highest BCUT2D eigenvalue weighted by Crippen LogP contribution is 2.17. The number of ether oxygens (including phenoxy) is 1. The molecule has 1 unspecified atom stereocenters. The van der Waals surface area contributed by atoms with Crippen LogP contribution in [0.15, 0.2) is 24.3 Å². The first-order valence-electron chi connectivity index (χ1n) is 7.37. The summed E-state index contributed by atoms with van der Waals surface area (Å²) in [5, 5.41) is 3.29. The third-order valence-corrected chi connectivity index (χ3v) is 3.79. The molecule has 1 N–H and O–H groups in total. The van der Waals surface area contributed by atoms with Crippen molar-refractivity contribution in [1.82, 2.24) is 10.2 Å². The number of rotatable bonds is 7. The lowest BCUT2D eigenvalue weighted by atomic mass is 10.2. The summed E-state index contributed by atoms with van der Waals surface area (Å²) in [4.78, 5) is 2.59. The fraction of sp³-hybridized carbons (Fsp3) is 0.625. The lowest BCUT2D eigenvalue weighted by molar-refractivity contribution is 0.219. The molecule has 1 heterocycles. The highest BCUT2D eigenvalue weighted by molar-refractivity contribution is 5.27. The van der Waals surface area contributed by atoms with Crippen LogP contribution >= 0.6 is 0 Å². The van der Waals surface area contributed by atoms with Gasteiger partial charge in [0.2, 0.25) is 0 Å². The van der Waals surface area contributed by atoms with E-state index in [2.05, 4.69) is 29.3 Å². The molecular weight excluding hydrogens is 236 g/mol. The largest absolute Gasteiger partial charge is 0.494 e. The van der Waals surface area contributed by atoms with Crippen LogP contribution in [-0.4, -0.2) is 44.2 Å². The van der Waals surface area contributed by atoms with Gasteiger partial charge in [-0.25, -0.2) is 0 Å². The van der Waals surface area contributed by atoms with Gasteiger partial charge in [0.25, 0.3) is 0 Å². The molecule has 0 saturated carbocycles. The molecule has 0 spiro atoms. The van der Waals surface area contributed by atoms with E-state index in [4.69, 9.17) is 4.74 Å². The minimum Gasteiger partial charge on any atom is -0.494 e. The molecule has 0 aliphatic carbocycles. The van der Waals surface area contributed by atoms with Crippen LogP contribution in [0, 0.1) is 6.92 Å². The van der Waals surface area contributed by atoms with Crippen molar-refractivity contribution in [2.75, 3.05) is 33.3 Å². The lowest BCUT2D eigenvalue weighted by Crippen LogP contribution is -2.37. The van der Waals surface area contributed by atoms with Gasteiger partial charge in [0.05, 0.1) is 6.61 Å². The maximum Gasteiger partial charge on any atom is 0.119 e. The molecule has 3 heteroatoms. The van der Waals surface area contributed by atoms with Gasteiger partial charge in [-0.1, -0.05) is 12.1 Å². The Bertz CT molecular complexity index is 381. The first-order chi connectivity index (χ1) is 9.29. The molecule has 1 saturated heterocycles. The molecule has 2 rings (SSSR count). The van der Waals surface area contributed by atoms with Crippen LogP contribution in [0.1, 0.15) is 24.8 Å². The second-order valence-corrected chi connectivity index (χ2v) is 5.41. The number of hydrogen-bond donors (Lipinski definition) is 1. The summed E-state index contributed by atoms with van der Waals surface area (Å²) in [6.45, 7) is 6.42. The normalized spacial score (nSPS) is 19.8. The van der Waals surface area contributed by atoms with Gasteiger partial charge in [-0.15, -0.1) is 0 Å². The van der Waals surface area contributed by atoms with Crippen molar-refractivity contribution in [1.29, 1.82) is 0 Å². The number of hydrogen-bond acceptors (Lipinski definition) is 3. The van der Waals surface area contributed by atoms with E-state index in [-0.39, 0.29) is 0 Å². The van der Waals surface area contributed by atoms with Crippen LogP contribution in [0.2, 0.25) is 0 Å². The monoisotopic (exact) mass is 262 g/mol. The number of benzene rings is 1. The average Bonchev–Trinajstić information content (AvgIpc) is 2.83. The molecule has 19 heavy (non-hydrogen) atoms. The molecule has 1 fully saturated rings. The third-order valence-electron chi connectivity index (χ3n) is 3.79. The zero-order valence-corrected chi connectivity index (χ0v) is 12.2. The van der Waals surface area contributed by atoms with Gasteiger partial charge in [-0.2, -0.15) is 0 Å². The van der Waals surface area contributed by atoms with E-state index in [1.807, 2.05) is 19.2 Å². The van der Waals surface area contributed by atoms with E-state index in [1.165, 1.54) is 24.9 Å². The summed E-state index contributed by atoms with van der Waals surface area (Å²) in [6.07, 6.45) is 3.78.